The van der Waals surface area contributed by atoms with Crippen molar-refractivity contribution in [2.24, 2.45) is 0 Å². The number of pyridine rings is 1. The van der Waals surface area contributed by atoms with Crippen molar-refractivity contribution in [3.8, 4) is 33.4 Å². The van der Waals surface area contributed by atoms with Gasteiger partial charge in [-0.15, -0.1) is 0 Å². The summed E-state index contributed by atoms with van der Waals surface area (Å²) in [5, 5.41) is 16.1. The van der Waals surface area contributed by atoms with Crippen LogP contribution in [0.2, 0.25) is 0 Å². The minimum Gasteiger partial charge on any atom is -0.292 e. The Kier molecular flexibility index (Phi) is 6.76. The highest BCUT2D eigenvalue weighted by atomic mass is 15.0. The summed E-state index contributed by atoms with van der Waals surface area (Å²) < 4.78 is 2.37. The Morgan fingerprint density at radius 1 is 0.288 bits per heavy atom. The number of para-hydroxylation sites is 2. The summed E-state index contributed by atoms with van der Waals surface area (Å²) in [5.41, 5.74) is 11.6. The van der Waals surface area contributed by atoms with Crippen LogP contribution < -0.4 is 0 Å². The molecule has 0 aliphatic carbocycles. The van der Waals surface area contributed by atoms with E-state index in [0.717, 1.165) is 22.2 Å². The molecule has 0 aliphatic heterocycles. The van der Waals surface area contributed by atoms with Crippen LogP contribution in [0.4, 0.5) is 0 Å². The molecule has 0 aliphatic rings. The highest BCUT2D eigenvalue weighted by Crippen LogP contribution is 2.46. The van der Waals surface area contributed by atoms with Gasteiger partial charge in [0.1, 0.15) is 5.65 Å². The van der Waals surface area contributed by atoms with Crippen LogP contribution in [0.25, 0.3) is 126 Å². The van der Waals surface area contributed by atoms with Crippen molar-refractivity contribution in [2.75, 3.05) is 0 Å². The van der Waals surface area contributed by atoms with Crippen LogP contribution in [-0.4, -0.2) is 9.38 Å². The number of aromatic nitrogens is 2. The quantitative estimate of drug-likeness (QED) is 0.130. The van der Waals surface area contributed by atoms with Crippen molar-refractivity contribution in [3.05, 3.63) is 206 Å². The zero-order valence-electron chi connectivity index (χ0n) is 32.0. The third-order valence-corrected chi connectivity index (χ3v) is 12.7. The minimum absolute atomic E-state index is 0.986. The Bertz CT molecular complexity index is 3910. The summed E-state index contributed by atoms with van der Waals surface area (Å²) in [6.07, 6.45) is 0. The molecule has 272 valence electrons. The van der Waals surface area contributed by atoms with Gasteiger partial charge >= 0.3 is 0 Å². The molecule has 2 aromatic heterocycles. The van der Waals surface area contributed by atoms with Gasteiger partial charge in [0.2, 0.25) is 0 Å². The van der Waals surface area contributed by atoms with Gasteiger partial charge in [-0.1, -0.05) is 164 Å². The molecule has 13 aromatic rings. The highest BCUT2D eigenvalue weighted by molar-refractivity contribution is 6.25. The molecule has 0 spiro atoms. The first-order valence-electron chi connectivity index (χ1n) is 20.4. The van der Waals surface area contributed by atoms with Gasteiger partial charge in [0.05, 0.1) is 16.6 Å². The summed E-state index contributed by atoms with van der Waals surface area (Å²) in [7, 11) is 0. The van der Waals surface area contributed by atoms with Gasteiger partial charge in [-0.2, -0.15) is 0 Å². The average Bonchev–Trinajstić information content (AvgIpc) is 3.70. The number of imidazole rings is 1. The van der Waals surface area contributed by atoms with Gasteiger partial charge in [-0.05, 0) is 130 Å². The van der Waals surface area contributed by atoms with Gasteiger partial charge in [-0.25, -0.2) is 4.98 Å². The van der Waals surface area contributed by atoms with E-state index >= 15 is 0 Å². The minimum atomic E-state index is 0.986. The van der Waals surface area contributed by atoms with E-state index in [4.69, 9.17) is 4.98 Å². The molecule has 59 heavy (non-hydrogen) atoms. The Balaban J connectivity index is 1.13. The molecule has 0 saturated heterocycles. The first kappa shape index (κ1) is 32.3. The van der Waals surface area contributed by atoms with Crippen molar-refractivity contribution in [2.45, 2.75) is 0 Å². The van der Waals surface area contributed by atoms with E-state index in [2.05, 4.69) is 211 Å². The highest BCUT2D eigenvalue weighted by Gasteiger charge is 2.20. The van der Waals surface area contributed by atoms with E-state index in [0.29, 0.717) is 0 Å². The largest absolute Gasteiger partial charge is 0.292 e. The molecule has 2 heterocycles. The second-order valence-corrected chi connectivity index (χ2v) is 15.9. The van der Waals surface area contributed by atoms with Gasteiger partial charge in [-0.3, -0.25) is 4.40 Å². The zero-order chi connectivity index (χ0) is 38.6. The van der Waals surface area contributed by atoms with Crippen molar-refractivity contribution in [3.63, 3.8) is 0 Å². The van der Waals surface area contributed by atoms with Crippen LogP contribution in [0.15, 0.2) is 206 Å². The number of benzene rings is 11. The Hall–Kier alpha value is -7.81. The Labute approximate surface area is 339 Å². The van der Waals surface area contributed by atoms with E-state index in [9.17, 15) is 0 Å². The molecule has 0 bridgehead atoms. The molecule has 0 fully saturated rings. The van der Waals surface area contributed by atoms with Crippen LogP contribution in [0.5, 0.6) is 0 Å². The van der Waals surface area contributed by atoms with Gasteiger partial charge in [0, 0.05) is 16.2 Å². The molecule has 0 N–H and O–H groups in total. The molecular weight excluding hydrogens is 713 g/mol. The summed E-state index contributed by atoms with van der Waals surface area (Å²) in [5.74, 6) is 0. The number of fused-ring (bicyclic) bond motifs is 14. The van der Waals surface area contributed by atoms with Crippen molar-refractivity contribution < 1.29 is 0 Å². The topological polar surface area (TPSA) is 17.3 Å². The third kappa shape index (κ3) is 4.78. The van der Waals surface area contributed by atoms with Gasteiger partial charge in [0.25, 0.3) is 0 Å². The van der Waals surface area contributed by atoms with Crippen molar-refractivity contribution in [1.29, 1.82) is 0 Å². The molecule has 2 nitrogen and oxygen atoms in total. The van der Waals surface area contributed by atoms with Crippen LogP contribution in [-0.2, 0) is 0 Å². The summed E-state index contributed by atoms with van der Waals surface area (Å²) in [6.45, 7) is 0. The number of rotatable bonds is 3. The van der Waals surface area contributed by atoms with E-state index in [-0.39, 0.29) is 0 Å². The Morgan fingerprint density at radius 2 is 0.780 bits per heavy atom. The number of hydrogen-bond donors (Lipinski definition) is 0. The molecule has 0 unspecified atom stereocenters. The average molecular weight is 747 g/mol. The van der Waals surface area contributed by atoms with E-state index in [1.807, 2.05) is 0 Å². The van der Waals surface area contributed by atoms with Crippen molar-refractivity contribution >= 4 is 92.2 Å². The SMILES string of the molecule is c1ccc2cc(-c3c4ccccc4c(-c4ccc5ccccc5c4)c4cc(-c5ccc6c7c8ccccc8ccc7c7nc8ccccc8n7c6c5)ccc34)ccc2c1. The first-order valence-corrected chi connectivity index (χ1v) is 20.4. The lowest BCUT2D eigenvalue weighted by atomic mass is 9.84. The zero-order valence-corrected chi connectivity index (χ0v) is 32.0. The lowest BCUT2D eigenvalue weighted by Crippen LogP contribution is -1.94. The monoisotopic (exact) mass is 746 g/mol. The standard InChI is InChI=1S/C57H34N2/c1-3-14-38-31-42(23-21-35(38)11-1)54-45-17-7-8-18-46(45)55(43-24-22-36-12-2-4-15-39(36)32-43)50-33-40(26-28-47(50)54)41-27-29-48-53(34-41)59-52-20-10-9-19-51(52)58-57(59)49-30-25-37-13-5-6-16-44(37)56(48)49/h1-34H. The van der Waals surface area contributed by atoms with Crippen LogP contribution in [0.1, 0.15) is 0 Å². The smallest absolute Gasteiger partial charge is 0.146 e. The van der Waals surface area contributed by atoms with Gasteiger partial charge in [0.15, 0.2) is 0 Å². The molecule has 0 saturated carbocycles. The number of nitrogens with zero attached hydrogens (tertiary/aromatic N) is 2. The third-order valence-electron chi connectivity index (χ3n) is 12.7. The summed E-state index contributed by atoms with van der Waals surface area (Å²) in [6, 6.07) is 76.1. The number of hydrogen-bond acceptors (Lipinski definition) is 1. The lowest BCUT2D eigenvalue weighted by molar-refractivity contribution is 1.32. The fourth-order valence-corrected chi connectivity index (χ4v) is 9.98. The van der Waals surface area contributed by atoms with Crippen LogP contribution in [0.3, 0.4) is 0 Å². The predicted molar refractivity (Wildman–Crippen MR) is 252 cm³/mol. The second kappa shape index (κ2) is 12.3. The molecule has 0 radical (unpaired) electrons. The maximum atomic E-state index is 5.26. The molecule has 11 aromatic carbocycles. The lowest BCUT2D eigenvalue weighted by Gasteiger charge is -2.19. The molecular formula is C57H34N2. The predicted octanol–water partition coefficient (Wildman–Crippen LogP) is 15.6. The fourth-order valence-electron chi connectivity index (χ4n) is 9.98. The summed E-state index contributed by atoms with van der Waals surface area (Å²) >= 11 is 0. The molecule has 0 amide bonds. The second-order valence-electron chi connectivity index (χ2n) is 15.9. The fraction of sp³-hybridized carbons (Fsp3) is 0. The molecule has 13 rings (SSSR count). The maximum absolute atomic E-state index is 5.26. The van der Waals surface area contributed by atoms with Crippen molar-refractivity contribution in [1.82, 2.24) is 9.38 Å². The van der Waals surface area contributed by atoms with E-state index < -0.39 is 0 Å². The van der Waals surface area contributed by atoms with Crippen LogP contribution in [0, 0.1) is 0 Å². The Morgan fingerprint density at radius 3 is 1.49 bits per heavy atom. The van der Waals surface area contributed by atoms with Crippen LogP contribution >= 0.6 is 0 Å². The van der Waals surface area contributed by atoms with E-state index in [1.54, 1.807) is 0 Å². The summed E-state index contributed by atoms with van der Waals surface area (Å²) in [4.78, 5) is 5.26. The first-order chi connectivity index (χ1) is 29.2. The molecule has 2 heteroatoms. The maximum Gasteiger partial charge on any atom is 0.146 e. The van der Waals surface area contributed by atoms with Gasteiger partial charge < -0.3 is 0 Å². The normalized spacial score (nSPS) is 12.1. The molecule has 0 atom stereocenters. The van der Waals surface area contributed by atoms with E-state index in [1.165, 1.54) is 103 Å².